The van der Waals surface area contributed by atoms with Gasteiger partial charge in [-0.1, -0.05) is 91.0 Å². The molecule has 10 rings (SSSR count). The minimum Gasteiger partial charge on any atom is -0.437 e. The van der Waals surface area contributed by atoms with E-state index in [1.165, 1.54) is 52.5 Å². The van der Waals surface area contributed by atoms with Crippen molar-refractivity contribution in [1.82, 2.24) is 14.5 Å². The van der Waals surface area contributed by atoms with Crippen LogP contribution in [-0.4, -0.2) is 14.5 Å². The lowest BCUT2D eigenvalue weighted by Crippen LogP contribution is -2.00. The molecule has 10 aromatic rings. The Kier molecular flexibility index (Phi) is 4.36. The molecule has 4 heterocycles. The predicted octanol–water partition coefficient (Wildman–Crippen LogP) is 10.8. The highest BCUT2D eigenvalue weighted by Crippen LogP contribution is 2.49. The zero-order chi connectivity index (χ0) is 27.5. The first kappa shape index (κ1) is 22.7. The van der Waals surface area contributed by atoms with Crippen LogP contribution in [-0.2, 0) is 0 Å². The van der Waals surface area contributed by atoms with Crippen molar-refractivity contribution >= 4 is 109 Å². The van der Waals surface area contributed by atoms with E-state index in [9.17, 15) is 0 Å². The summed E-state index contributed by atoms with van der Waals surface area (Å²) in [6, 6.07) is 38.5. The van der Waals surface area contributed by atoms with Gasteiger partial charge in [-0.2, -0.15) is 9.97 Å². The highest BCUT2D eigenvalue weighted by molar-refractivity contribution is 7.27. The van der Waals surface area contributed by atoms with Crippen molar-refractivity contribution in [3.05, 3.63) is 114 Å². The number of benzene rings is 6. The molecule has 6 aromatic carbocycles. The molecule has 0 amide bonds. The summed E-state index contributed by atoms with van der Waals surface area (Å²) in [5, 5.41) is 11.8. The number of rotatable bonds is 1. The van der Waals surface area contributed by atoms with Crippen LogP contribution in [0.3, 0.4) is 0 Å². The summed E-state index contributed by atoms with van der Waals surface area (Å²) >= 11 is 8.48. The van der Waals surface area contributed by atoms with Gasteiger partial charge < -0.3 is 4.42 Å². The third kappa shape index (κ3) is 2.82. The largest absolute Gasteiger partial charge is 0.437 e. The molecule has 0 aliphatic carbocycles. The summed E-state index contributed by atoms with van der Waals surface area (Å²) in [5.41, 5.74) is 3.43. The van der Waals surface area contributed by atoms with Crippen LogP contribution in [0, 0.1) is 0 Å². The van der Waals surface area contributed by atoms with Gasteiger partial charge >= 0.3 is 0 Å². The second-order valence-electron chi connectivity index (χ2n) is 10.7. The van der Waals surface area contributed by atoms with E-state index in [1.54, 1.807) is 0 Å². The van der Waals surface area contributed by atoms with Gasteiger partial charge in [0.2, 0.25) is 11.0 Å². The third-order valence-electron chi connectivity index (χ3n) is 8.54. The zero-order valence-electron chi connectivity index (χ0n) is 21.9. The summed E-state index contributed by atoms with van der Waals surface area (Å²) in [7, 11) is 0. The Labute approximate surface area is 247 Å². The molecule has 6 heteroatoms. The lowest BCUT2D eigenvalue weighted by atomic mass is 9.97. The summed E-state index contributed by atoms with van der Waals surface area (Å²) in [6.45, 7) is 0. The van der Waals surface area contributed by atoms with Crippen LogP contribution < -0.4 is 0 Å². The van der Waals surface area contributed by atoms with Gasteiger partial charge in [-0.25, -0.2) is 0 Å². The number of para-hydroxylation sites is 1. The first-order chi connectivity index (χ1) is 20.8. The topological polar surface area (TPSA) is 43.9 Å². The van der Waals surface area contributed by atoms with Crippen molar-refractivity contribution in [2.24, 2.45) is 0 Å². The van der Waals surface area contributed by atoms with E-state index in [0.29, 0.717) is 5.71 Å². The van der Waals surface area contributed by atoms with Crippen molar-refractivity contribution in [1.29, 1.82) is 0 Å². The smallest absolute Gasteiger partial charge is 0.233 e. The summed E-state index contributed by atoms with van der Waals surface area (Å²) in [5.74, 6) is 0.722. The molecule has 0 radical (unpaired) electrons. The Balaban J connectivity index is 1.58. The van der Waals surface area contributed by atoms with Crippen LogP contribution in [0.15, 0.2) is 114 Å². The summed E-state index contributed by atoms with van der Waals surface area (Å²) in [6.07, 6.45) is 0. The minimum absolute atomic E-state index is 0.153. The molecule has 0 saturated heterocycles. The molecule has 0 aliphatic rings. The number of hydrogen-bond donors (Lipinski definition) is 0. The van der Waals surface area contributed by atoms with Gasteiger partial charge in [-0.3, -0.25) is 4.57 Å². The maximum atomic E-state index is 6.65. The highest BCUT2D eigenvalue weighted by Gasteiger charge is 2.26. The first-order valence-electron chi connectivity index (χ1n) is 13.8. The van der Waals surface area contributed by atoms with Crippen LogP contribution in [0.25, 0.3) is 91.4 Å². The maximum Gasteiger partial charge on any atom is 0.233 e. The molecule has 4 aromatic heterocycles. The lowest BCUT2D eigenvalue weighted by Gasteiger charge is -2.10. The van der Waals surface area contributed by atoms with Gasteiger partial charge in [0, 0.05) is 31.6 Å². The lowest BCUT2D eigenvalue weighted by molar-refractivity contribution is 0.652. The Hall–Kier alpha value is -4.97. The molecule has 0 aliphatic heterocycles. The fourth-order valence-electron chi connectivity index (χ4n) is 6.90. The van der Waals surface area contributed by atoms with Gasteiger partial charge in [0.1, 0.15) is 5.58 Å². The monoisotopic (exact) mass is 575 g/mol. The Morgan fingerprint density at radius 2 is 1.29 bits per heavy atom. The van der Waals surface area contributed by atoms with Gasteiger partial charge in [-0.15, -0.1) is 11.3 Å². The SMILES string of the molecule is Clc1nc(-n2c3ccc4ccccc4c3c3c4ccccc4c4c5ccccc5sc4c32)c2c(n1)oc1ccccc12. The Morgan fingerprint density at radius 1 is 0.595 bits per heavy atom. The molecular weight excluding hydrogens is 558 g/mol. The Bertz CT molecular complexity index is 2770. The van der Waals surface area contributed by atoms with E-state index < -0.39 is 0 Å². The van der Waals surface area contributed by atoms with Crippen LogP contribution in [0.2, 0.25) is 5.28 Å². The summed E-state index contributed by atoms with van der Waals surface area (Å²) in [4.78, 5) is 9.47. The third-order valence-corrected chi connectivity index (χ3v) is 9.89. The molecule has 0 fully saturated rings. The number of thiophene rings is 1. The molecular formula is C36H18ClN3OS. The Morgan fingerprint density at radius 3 is 2.14 bits per heavy atom. The second-order valence-corrected chi connectivity index (χ2v) is 12.1. The molecule has 196 valence electrons. The van der Waals surface area contributed by atoms with Crippen LogP contribution in [0.4, 0.5) is 0 Å². The first-order valence-corrected chi connectivity index (χ1v) is 15.0. The van der Waals surface area contributed by atoms with Crippen molar-refractivity contribution in [2.45, 2.75) is 0 Å². The second kappa shape index (κ2) is 8.07. The van der Waals surface area contributed by atoms with Crippen molar-refractivity contribution in [2.75, 3.05) is 0 Å². The zero-order valence-corrected chi connectivity index (χ0v) is 23.5. The average Bonchev–Trinajstić information content (AvgIpc) is 3.70. The minimum atomic E-state index is 0.153. The van der Waals surface area contributed by atoms with Gasteiger partial charge in [-0.05, 0) is 51.3 Å². The normalized spacial score (nSPS) is 12.4. The van der Waals surface area contributed by atoms with Crippen molar-refractivity contribution in [3.8, 4) is 5.82 Å². The molecule has 42 heavy (non-hydrogen) atoms. The molecule has 0 spiro atoms. The number of nitrogens with zero attached hydrogens (tertiary/aromatic N) is 3. The number of halogens is 1. The van der Waals surface area contributed by atoms with Crippen molar-refractivity contribution in [3.63, 3.8) is 0 Å². The number of furan rings is 1. The molecule has 0 atom stereocenters. The quantitative estimate of drug-likeness (QED) is 0.183. The van der Waals surface area contributed by atoms with E-state index in [0.717, 1.165) is 33.2 Å². The fourth-order valence-corrected chi connectivity index (χ4v) is 8.31. The molecule has 4 nitrogen and oxygen atoms in total. The van der Waals surface area contributed by atoms with E-state index >= 15 is 0 Å². The van der Waals surface area contributed by atoms with E-state index in [2.05, 4.69) is 101 Å². The van der Waals surface area contributed by atoms with Crippen LogP contribution in [0.1, 0.15) is 0 Å². The highest BCUT2D eigenvalue weighted by atomic mass is 35.5. The molecule has 0 unspecified atom stereocenters. The van der Waals surface area contributed by atoms with E-state index in [1.807, 2.05) is 29.5 Å². The fraction of sp³-hybridized carbons (Fsp3) is 0. The number of hydrogen-bond acceptors (Lipinski definition) is 4. The van der Waals surface area contributed by atoms with Gasteiger partial charge in [0.05, 0.1) is 21.1 Å². The maximum absolute atomic E-state index is 6.65. The van der Waals surface area contributed by atoms with Crippen LogP contribution >= 0.6 is 22.9 Å². The van der Waals surface area contributed by atoms with E-state index in [-0.39, 0.29) is 5.28 Å². The van der Waals surface area contributed by atoms with Gasteiger partial charge in [0.15, 0.2) is 5.82 Å². The summed E-state index contributed by atoms with van der Waals surface area (Å²) < 4.78 is 11.0. The number of fused-ring (bicyclic) bond motifs is 15. The standard InChI is InChI=1S/C36H18ClN3OS/c37-36-38-34(31-23-13-5-7-15-26(23)41-35(31)39-36)40-25-18-17-19-9-1-2-10-20(19)29(25)30-22-12-4-3-11-21(22)28-24-14-6-8-16-27(24)42-33(28)32(30)40/h1-18H. The molecule has 0 bridgehead atoms. The van der Waals surface area contributed by atoms with Crippen LogP contribution in [0.5, 0.6) is 0 Å². The van der Waals surface area contributed by atoms with Gasteiger partial charge in [0.25, 0.3) is 0 Å². The van der Waals surface area contributed by atoms with Crippen molar-refractivity contribution < 1.29 is 4.42 Å². The van der Waals surface area contributed by atoms with E-state index in [4.69, 9.17) is 21.0 Å². The molecule has 0 N–H and O–H groups in total. The average molecular weight is 576 g/mol. The molecule has 0 saturated carbocycles. The predicted molar refractivity (Wildman–Crippen MR) is 177 cm³/mol. The number of aromatic nitrogens is 3.